The Morgan fingerprint density at radius 2 is 2.29 bits per heavy atom. The molecule has 3 nitrogen and oxygen atoms in total. The van der Waals surface area contributed by atoms with Crippen LogP contribution >= 0.6 is 15.9 Å². The van der Waals surface area contributed by atoms with Crippen LogP contribution in [0.15, 0.2) is 35.0 Å². The summed E-state index contributed by atoms with van der Waals surface area (Å²) in [7, 11) is 1.68. The number of nitrogens with two attached hydrogens (primary N) is 1. The van der Waals surface area contributed by atoms with Gasteiger partial charge in [0.05, 0.1) is 11.2 Å². The predicted octanol–water partition coefficient (Wildman–Crippen LogP) is 1.53. The molecule has 0 amide bonds. The highest BCUT2D eigenvalue weighted by molar-refractivity contribution is 9.11. The third-order valence-corrected chi connectivity index (χ3v) is 1.80. The van der Waals surface area contributed by atoms with Gasteiger partial charge in [-0.15, -0.1) is 0 Å². The molecule has 0 fully saturated rings. The Kier molecular flexibility index (Phi) is 8.62. The van der Waals surface area contributed by atoms with Gasteiger partial charge in [0, 0.05) is 20.2 Å². The average molecular weight is 261 g/mol. The van der Waals surface area contributed by atoms with E-state index in [9.17, 15) is 0 Å². The summed E-state index contributed by atoms with van der Waals surface area (Å²) in [5.74, 6) is 0. The van der Waals surface area contributed by atoms with Gasteiger partial charge in [-0.1, -0.05) is 18.7 Å². The molecule has 0 aliphatic heterocycles. The van der Waals surface area contributed by atoms with E-state index in [0.717, 1.165) is 18.7 Å². The van der Waals surface area contributed by atoms with Crippen molar-refractivity contribution in [3.05, 3.63) is 35.0 Å². The van der Waals surface area contributed by atoms with Crippen LogP contribution in [-0.4, -0.2) is 26.8 Å². The lowest BCUT2D eigenvalue weighted by molar-refractivity contribution is 0.200. The van der Waals surface area contributed by atoms with Crippen molar-refractivity contribution in [2.45, 2.75) is 0 Å². The normalized spacial score (nSPS) is 13.0. The molecule has 0 saturated heterocycles. The highest BCUT2D eigenvalue weighted by Gasteiger charge is 1.90. The second kappa shape index (κ2) is 8.99. The predicted molar refractivity (Wildman–Crippen MR) is 64.2 cm³/mol. The summed E-state index contributed by atoms with van der Waals surface area (Å²) in [6, 6.07) is 0. The Labute approximate surface area is 93.8 Å². The highest BCUT2D eigenvalue weighted by Crippen LogP contribution is 1.99. The topological polar surface area (TPSA) is 47.3 Å². The number of ether oxygens (including phenoxy) is 1. The van der Waals surface area contributed by atoms with Gasteiger partial charge < -0.3 is 15.8 Å². The lowest BCUT2D eigenvalue weighted by atomic mass is 10.2. The van der Waals surface area contributed by atoms with Crippen LogP contribution in [0.2, 0.25) is 0 Å². The summed E-state index contributed by atoms with van der Waals surface area (Å²) in [5.41, 5.74) is 6.52. The molecule has 0 unspecified atom stereocenters. The minimum Gasteiger partial charge on any atom is -0.393 e. The van der Waals surface area contributed by atoms with Crippen LogP contribution in [0.25, 0.3) is 0 Å². The van der Waals surface area contributed by atoms with E-state index >= 15 is 0 Å². The maximum atomic E-state index is 5.43. The Hall–Kier alpha value is -0.580. The number of nitrogens with one attached hydrogen (secondary N) is 1. The summed E-state index contributed by atoms with van der Waals surface area (Å²) in [6.45, 7) is 6.02. The molecule has 14 heavy (non-hydrogen) atoms. The summed E-state index contributed by atoms with van der Waals surface area (Å²) in [5, 5.41) is 3.21. The number of hydrogen-bond acceptors (Lipinski definition) is 3. The van der Waals surface area contributed by atoms with Gasteiger partial charge in [-0.2, -0.15) is 0 Å². The summed E-state index contributed by atoms with van der Waals surface area (Å²) >= 11 is 3.14. The quantitative estimate of drug-likeness (QED) is 0.415. The summed E-state index contributed by atoms with van der Waals surface area (Å²) in [6.07, 6.45) is 5.50. The van der Waals surface area contributed by atoms with Gasteiger partial charge in [-0.3, -0.25) is 0 Å². The standard InChI is InChI=1S/C10H17BrN2O/c1-3-9(4-5-10(11)12)8-13-6-7-14-2/h3-5,13H,1,6-8,12H2,2H3/b9-4+,10-5-. The number of allylic oxidation sites excluding steroid dienone is 2. The van der Waals surface area contributed by atoms with Crippen LogP contribution in [0.5, 0.6) is 0 Å². The van der Waals surface area contributed by atoms with Crippen molar-refractivity contribution in [2.75, 3.05) is 26.8 Å². The van der Waals surface area contributed by atoms with Crippen LogP contribution in [-0.2, 0) is 4.74 Å². The third-order valence-electron chi connectivity index (χ3n) is 1.53. The monoisotopic (exact) mass is 260 g/mol. The molecular weight excluding hydrogens is 244 g/mol. The molecular formula is C10H17BrN2O. The Balaban J connectivity index is 3.85. The van der Waals surface area contributed by atoms with Crippen LogP contribution in [0.1, 0.15) is 0 Å². The molecule has 0 aromatic rings. The van der Waals surface area contributed by atoms with Crippen LogP contribution in [0.3, 0.4) is 0 Å². The van der Waals surface area contributed by atoms with E-state index in [-0.39, 0.29) is 0 Å². The lowest BCUT2D eigenvalue weighted by Gasteiger charge is -2.03. The summed E-state index contributed by atoms with van der Waals surface area (Å²) < 4.78 is 5.51. The minimum absolute atomic E-state index is 0.605. The van der Waals surface area contributed by atoms with Crippen molar-refractivity contribution >= 4 is 15.9 Å². The van der Waals surface area contributed by atoms with Crippen LogP contribution < -0.4 is 11.1 Å². The van der Waals surface area contributed by atoms with Crippen molar-refractivity contribution in [3.63, 3.8) is 0 Å². The van der Waals surface area contributed by atoms with Gasteiger partial charge in [0.1, 0.15) is 0 Å². The molecule has 0 heterocycles. The first-order valence-corrected chi connectivity index (χ1v) is 5.14. The van der Waals surface area contributed by atoms with Crippen molar-refractivity contribution in [3.8, 4) is 0 Å². The van der Waals surface area contributed by atoms with Gasteiger partial charge in [0.25, 0.3) is 0 Å². The maximum Gasteiger partial charge on any atom is 0.0754 e. The molecule has 4 heteroatoms. The number of rotatable bonds is 7. The number of hydrogen-bond donors (Lipinski definition) is 2. The number of methoxy groups -OCH3 is 1. The molecule has 0 rings (SSSR count). The van der Waals surface area contributed by atoms with Crippen LogP contribution in [0.4, 0.5) is 0 Å². The molecule has 3 N–H and O–H groups in total. The average Bonchev–Trinajstić information content (AvgIpc) is 2.16. The van der Waals surface area contributed by atoms with E-state index in [4.69, 9.17) is 10.5 Å². The second-order valence-corrected chi connectivity index (χ2v) is 3.58. The zero-order chi connectivity index (χ0) is 10.8. The molecule has 80 valence electrons. The molecule has 0 aromatic heterocycles. The zero-order valence-electron chi connectivity index (χ0n) is 8.42. The van der Waals surface area contributed by atoms with E-state index in [1.54, 1.807) is 19.3 Å². The Morgan fingerprint density at radius 3 is 2.79 bits per heavy atom. The maximum absolute atomic E-state index is 5.43. The van der Waals surface area contributed by atoms with Crippen molar-refractivity contribution < 1.29 is 4.74 Å². The van der Waals surface area contributed by atoms with Gasteiger partial charge in [-0.05, 0) is 27.6 Å². The van der Waals surface area contributed by atoms with Gasteiger partial charge in [0.15, 0.2) is 0 Å². The molecule has 0 radical (unpaired) electrons. The largest absolute Gasteiger partial charge is 0.393 e. The SMILES string of the molecule is C=C/C(=C\C=C(/N)Br)CNCCOC. The summed E-state index contributed by atoms with van der Waals surface area (Å²) in [4.78, 5) is 0. The first-order chi connectivity index (χ1) is 6.70. The lowest BCUT2D eigenvalue weighted by Crippen LogP contribution is -2.21. The number of halogens is 1. The molecule has 0 aliphatic rings. The van der Waals surface area contributed by atoms with E-state index in [2.05, 4.69) is 27.8 Å². The van der Waals surface area contributed by atoms with E-state index in [1.807, 2.05) is 6.08 Å². The smallest absolute Gasteiger partial charge is 0.0754 e. The fraction of sp³-hybridized carbons (Fsp3) is 0.400. The molecule has 0 aliphatic carbocycles. The van der Waals surface area contributed by atoms with E-state index < -0.39 is 0 Å². The first-order valence-electron chi connectivity index (χ1n) is 4.34. The van der Waals surface area contributed by atoms with Gasteiger partial charge in [-0.25, -0.2) is 0 Å². The van der Waals surface area contributed by atoms with Crippen LogP contribution in [0, 0.1) is 0 Å². The van der Waals surface area contributed by atoms with Crippen molar-refractivity contribution in [2.24, 2.45) is 5.73 Å². The molecule has 0 spiro atoms. The Bertz CT molecular complexity index is 220. The molecule has 0 bridgehead atoms. The zero-order valence-corrected chi connectivity index (χ0v) is 10.0. The molecule has 0 saturated carbocycles. The van der Waals surface area contributed by atoms with Gasteiger partial charge >= 0.3 is 0 Å². The van der Waals surface area contributed by atoms with Crippen molar-refractivity contribution in [1.82, 2.24) is 5.32 Å². The third kappa shape index (κ3) is 8.04. The minimum atomic E-state index is 0.605. The van der Waals surface area contributed by atoms with E-state index in [0.29, 0.717) is 11.2 Å². The van der Waals surface area contributed by atoms with Gasteiger partial charge in [0.2, 0.25) is 0 Å². The first kappa shape index (κ1) is 13.4. The molecule has 0 atom stereocenters. The highest BCUT2D eigenvalue weighted by atomic mass is 79.9. The van der Waals surface area contributed by atoms with Crippen molar-refractivity contribution in [1.29, 1.82) is 0 Å². The fourth-order valence-corrected chi connectivity index (χ4v) is 0.925. The van der Waals surface area contributed by atoms with E-state index in [1.165, 1.54) is 0 Å². The molecule has 0 aromatic carbocycles. The Morgan fingerprint density at radius 1 is 1.57 bits per heavy atom. The fourth-order valence-electron chi connectivity index (χ4n) is 0.793. The second-order valence-electron chi connectivity index (χ2n) is 2.67.